The van der Waals surface area contributed by atoms with Crippen LogP contribution >= 0.6 is 12.4 Å². The van der Waals surface area contributed by atoms with Crippen molar-refractivity contribution in [2.24, 2.45) is 5.92 Å². The highest BCUT2D eigenvalue weighted by atomic mass is 35.5. The first-order valence-electron chi connectivity index (χ1n) is 6.42. The maximum atomic E-state index is 11.8. The van der Waals surface area contributed by atoms with Crippen molar-refractivity contribution in [1.82, 2.24) is 10.6 Å². The highest BCUT2D eigenvalue weighted by Crippen LogP contribution is 2.13. The highest BCUT2D eigenvalue weighted by Gasteiger charge is 2.21. The number of carbonyl (C=O) groups is 1. The predicted octanol–water partition coefficient (Wildman–Crippen LogP) is 1.39. The Labute approximate surface area is 120 Å². The number of hydrogen-bond donors (Lipinski definition) is 3. The van der Waals surface area contributed by atoms with Crippen LogP contribution in [0.25, 0.3) is 0 Å². The SMILES string of the molecule is CC(O)c1ccc(CNC(=O)C2CCNC2)cc1.Cl. The highest BCUT2D eigenvalue weighted by molar-refractivity contribution is 5.85. The first-order valence-corrected chi connectivity index (χ1v) is 6.42. The first kappa shape index (κ1) is 16.0. The van der Waals surface area contributed by atoms with Gasteiger partial charge in [-0.3, -0.25) is 4.79 Å². The molecule has 0 radical (unpaired) electrons. The summed E-state index contributed by atoms with van der Waals surface area (Å²) in [4.78, 5) is 11.8. The number of carbonyl (C=O) groups excluding carboxylic acids is 1. The molecule has 19 heavy (non-hydrogen) atoms. The molecule has 1 aliphatic heterocycles. The molecule has 5 heteroatoms. The molecule has 3 N–H and O–H groups in total. The van der Waals surface area contributed by atoms with E-state index in [0.717, 1.165) is 30.6 Å². The molecular formula is C14H21ClN2O2. The second-order valence-corrected chi connectivity index (χ2v) is 4.83. The van der Waals surface area contributed by atoms with E-state index >= 15 is 0 Å². The van der Waals surface area contributed by atoms with E-state index in [-0.39, 0.29) is 24.2 Å². The third kappa shape index (κ3) is 4.49. The van der Waals surface area contributed by atoms with Gasteiger partial charge in [0.15, 0.2) is 0 Å². The Bertz CT molecular complexity index is 400. The summed E-state index contributed by atoms with van der Waals surface area (Å²) < 4.78 is 0. The van der Waals surface area contributed by atoms with Crippen molar-refractivity contribution < 1.29 is 9.90 Å². The van der Waals surface area contributed by atoms with Crippen molar-refractivity contribution in [3.05, 3.63) is 35.4 Å². The lowest BCUT2D eigenvalue weighted by Gasteiger charge is -2.10. The van der Waals surface area contributed by atoms with Crippen LogP contribution in [0.3, 0.4) is 0 Å². The van der Waals surface area contributed by atoms with Gasteiger partial charge in [0.1, 0.15) is 0 Å². The lowest BCUT2D eigenvalue weighted by Crippen LogP contribution is -2.31. The summed E-state index contributed by atoms with van der Waals surface area (Å²) in [6, 6.07) is 7.66. The van der Waals surface area contributed by atoms with Crippen LogP contribution < -0.4 is 10.6 Å². The normalized spacial score (nSPS) is 19.6. The van der Waals surface area contributed by atoms with Gasteiger partial charge in [0.2, 0.25) is 5.91 Å². The molecule has 1 aromatic carbocycles. The zero-order valence-corrected chi connectivity index (χ0v) is 11.9. The number of amides is 1. The molecular weight excluding hydrogens is 264 g/mol. The molecule has 1 amide bonds. The zero-order chi connectivity index (χ0) is 13.0. The van der Waals surface area contributed by atoms with Crippen LogP contribution in [-0.2, 0) is 11.3 Å². The van der Waals surface area contributed by atoms with E-state index < -0.39 is 6.10 Å². The molecule has 0 bridgehead atoms. The summed E-state index contributed by atoms with van der Waals surface area (Å²) in [5.41, 5.74) is 1.95. The average Bonchev–Trinajstić information content (AvgIpc) is 2.90. The monoisotopic (exact) mass is 284 g/mol. The van der Waals surface area contributed by atoms with Crippen LogP contribution in [0.4, 0.5) is 0 Å². The minimum atomic E-state index is -0.446. The molecule has 1 aromatic rings. The minimum Gasteiger partial charge on any atom is -0.389 e. The molecule has 1 saturated heterocycles. The Morgan fingerprint density at radius 3 is 2.68 bits per heavy atom. The van der Waals surface area contributed by atoms with Gasteiger partial charge in [0.05, 0.1) is 12.0 Å². The Morgan fingerprint density at radius 1 is 1.47 bits per heavy atom. The standard InChI is InChI=1S/C14H20N2O2.ClH/c1-10(17)12-4-2-11(3-5-12)8-16-14(18)13-6-7-15-9-13;/h2-5,10,13,15,17H,6-9H2,1H3,(H,16,18);1H. The lowest BCUT2D eigenvalue weighted by atomic mass is 10.1. The molecule has 1 aliphatic rings. The van der Waals surface area contributed by atoms with Gasteiger partial charge in [0, 0.05) is 13.1 Å². The van der Waals surface area contributed by atoms with Gasteiger partial charge in [-0.15, -0.1) is 12.4 Å². The molecule has 0 aromatic heterocycles. The van der Waals surface area contributed by atoms with Crippen LogP contribution in [0.1, 0.15) is 30.6 Å². The summed E-state index contributed by atoms with van der Waals surface area (Å²) in [5.74, 6) is 0.237. The van der Waals surface area contributed by atoms with E-state index in [0.29, 0.717) is 6.54 Å². The summed E-state index contributed by atoms with van der Waals surface area (Å²) in [6.45, 7) is 4.01. The number of halogens is 1. The molecule has 2 atom stereocenters. The van der Waals surface area contributed by atoms with Gasteiger partial charge in [0.25, 0.3) is 0 Å². The third-order valence-electron chi connectivity index (χ3n) is 3.36. The predicted molar refractivity (Wildman–Crippen MR) is 77.1 cm³/mol. The van der Waals surface area contributed by atoms with E-state index in [9.17, 15) is 9.90 Å². The Morgan fingerprint density at radius 2 is 2.16 bits per heavy atom. The van der Waals surface area contributed by atoms with E-state index in [2.05, 4.69) is 10.6 Å². The summed E-state index contributed by atoms with van der Waals surface area (Å²) >= 11 is 0. The van der Waals surface area contributed by atoms with Crippen molar-refractivity contribution in [3.8, 4) is 0 Å². The van der Waals surface area contributed by atoms with E-state index in [1.807, 2.05) is 24.3 Å². The molecule has 0 saturated carbocycles. The maximum absolute atomic E-state index is 11.8. The minimum absolute atomic E-state index is 0. The van der Waals surface area contributed by atoms with Crippen LogP contribution in [0, 0.1) is 5.92 Å². The van der Waals surface area contributed by atoms with Crippen LogP contribution in [0.5, 0.6) is 0 Å². The number of benzene rings is 1. The van der Waals surface area contributed by atoms with Gasteiger partial charge in [-0.05, 0) is 31.0 Å². The fourth-order valence-electron chi connectivity index (χ4n) is 2.13. The molecule has 0 spiro atoms. The van der Waals surface area contributed by atoms with E-state index in [1.54, 1.807) is 6.92 Å². The Hall–Kier alpha value is -1.10. The van der Waals surface area contributed by atoms with Crippen molar-refractivity contribution in [2.45, 2.75) is 26.0 Å². The van der Waals surface area contributed by atoms with Crippen molar-refractivity contribution in [1.29, 1.82) is 0 Å². The molecule has 1 heterocycles. The maximum Gasteiger partial charge on any atom is 0.224 e. The number of nitrogens with one attached hydrogen (secondary N) is 2. The van der Waals surface area contributed by atoms with Gasteiger partial charge in [-0.1, -0.05) is 24.3 Å². The van der Waals surface area contributed by atoms with Crippen molar-refractivity contribution in [2.75, 3.05) is 13.1 Å². The molecule has 1 fully saturated rings. The van der Waals surface area contributed by atoms with Crippen molar-refractivity contribution >= 4 is 18.3 Å². The van der Waals surface area contributed by atoms with E-state index in [1.165, 1.54) is 0 Å². The van der Waals surface area contributed by atoms with E-state index in [4.69, 9.17) is 0 Å². The summed E-state index contributed by atoms with van der Waals surface area (Å²) in [7, 11) is 0. The fraction of sp³-hybridized carbons (Fsp3) is 0.500. The smallest absolute Gasteiger partial charge is 0.224 e. The number of rotatable bonds is 4. The van der Waals surface area contributed by atoms with Crippen LogP contribution in [-0.4, -0.2) is 24.1 Å². The number of aliphatic hydroxyl groups excluding tert-OH is 1. The topological polar surface area (TPSA) is 61.4 Å². The quantitative estimate of drug-likeness (QED) is 0.783. The molecule has 0 aliphatic carbocycles. The Balaban J connectivity index is 0.00000180. The molecule has 2 rings (SSSR count). The van der Waals surface area contributed by atoms with Gasteiger partial charge in [-0.2, -0.15) is 0 Å². The second kappa shape index (κ2) is 7.48. The Kier molecular flexibility index (Phi) is 6.28. The fourth-order valence-corrected chi connectivity index (χ4v) is 2.13. The number of aliphatic hydroxyl groups is 1. The summed E-state index contributed by atoms with van der Waals surface area (Å²) in [5, 5.41) is 15.5. The molecule has 4 nitrogen and oxygen atoms in total. The average molecular weight is 285 g/mol. The van der Waals surface area contributed by atoms with Gasteiger partial charge >= 0.3 is 0 Å². The van der Waals surface area contributed by atoms with Crippen LogP contribution in [0.2, 0.25) is 0 Å². The van der Waals surface area contributed by atoms with Gasteiger partial charge in [-0.25, -0.2) is 0 Å². The second-order valence-electron chi connectivity index (χ2n) is 4.83. The first-order chi connectivity index (χ1) is 8.66. The lowest BCUT2D eigenvalue weighted by molar-refractivity contribution is -0.124. The third-order valence-corrected chi connectivity index (χ3v) is 3.36. The molecule has 106 valence electrons. The number of hydrogen-bond acceptors (Lipinski definition) is 3. The summed E-state index contributed by atoms with van der Waals surface area (Å²) in [6.07, 6.45) is 0.477. The largest absolute Gasteiger partial charge is 0.389 e. The molecule has 2 unspecified atom stereocenters. The van der Waals surface area contributed by atoms with Crippen LogP contribution in [0.15, 0.2) is 24.3 Å². The zero-order valence-electron chi connectivity index (χ0n) is 11.1. The van der Waals surface area contributed by atoms with Crippen molar-refractivity contribution in [3.63, 3.8) is 0 Å². The van der Waals surface area contributed by atoms with Gasteiger partial charge < -0.3 is 15.7 Å².